The lowest BCUT2D eigenvalue weighted by atomic mass is 9.97. The molecule has 3 heteroatoms. The Morgan fingerprint density at radius 1 is 1.43 bits per heavy atom. The second-order valence-electron chi connectivity index (χ2n) is 4.53. The van der Waals surface area contributed by atoms with Crippen molar-refractivity contribution in [2.24, 2.45) is 0 Å². The number of hydrogen-bond donors (Lipinski definition) is 1. The molecule has 2 atom stereocenters. The van der Waals surface area contributed by atoms with Crippen molar-refractivity contribution in [1.29, 1.82) is 0 Å². The maximum absolute atomic E-state index is 3.94. The molecule has 2 fully saturated rings. The monoisotopic (exact) mass is 258 g/mol. The van der Waals surface area contributed by atoms with E-state index in [0.717, 1.165) is 29.2 Å². The molecular weight excluding hydrogens is 240 g/mol. The first-order valence-corrected chi connectivity index (χ1v) is 6.26. The predicted octanol–water partition coefficient (Wildman–Crippen LogP) is 2.11. The number of nitrogens with one attached hydrogen (secondary N) is 1. The topological polar surface area (TPSA) is 15.3 Å². The number of rotatable bonds is 3. The van der Waals surface area contributed by atoms with Crippen LogP contribution in [-0.2, 0) is 0 Å². The molecule has 1 N–H and O–H groups in total. The molecule has 0 aromatic rings. The Bertz CT molecular complexity index is 215. The molecule has 2 heterocycles. The number of hydrogen-bond acceptors (Lipinski definition) is 2. The Morgan fingerprint density at radius 3 is 2.43 bits per heavy atom. The van der Waals surface area contributed by atoms with Crippen molar-refractivity contribution in [3.63, 3.8) is 0 Å². The fraction of sp³-hybridized carbons (Fsp3) is 0.818. The molecule has 0 aromatic carbocycles. The molecule has 2 aliphatic rings. The van der Waals surface area contributed by atoms with E-state index in [4.69, 9.17) is 0 Å². The SMILES string of the molecule is C=C(Br)CN1C2CCC1CC(NC)C2. The second-order valence-corrected chi connectivity index (χ2v) is 5.65. The van der Waals surface area contributed by atoms with Crippen molar-refractivity contribution in [1.82, 2.24) is 10.2 Å². The van der Waals surface area contributed by atoms with Crippen molar-refractivity contribution in [3.05, 3.63) is 11.1 Å². The summed E-state index contributed by atoms with van der Waals surface area (Å²) in [5.74, 6) is 0. The molecule has 0 radical (unpaired) electrons. The Balaban J connectivity index is 1.99. The fourth-order valence-electron chi connectivity index (χ4n) is 2.97. The van der Waals surface area contributed by atoms with Crippen LogP contribution in [0.3, 0.4) is 0 Å². The Kier molecular flexibility index (Phi) is 3.30. The highest BCUT2D eigenvalue weighted by Gasteiger charge is 2.39. The molecule has 0 aliphatic carbocycles. The largest absolute Gasteiger partial charge is 0.317 e. The molecule has 2 unspecified atom stereocenters. The summed E-state index contributed by atoms with van der Waals surface area (Å²) >= 11 is 3.47. The van der Waals surface area contributed by atoms with Gasteiger partial charge < -0.3 is 5.32 Å². The van der Waals surface area contributed by atoms with E-state index >= 15 is 0 Å². The summed E-state index contributed by atoms with van der Waals surface area (Å²) in [6.07, 6.45) is 5.38. The molecule has 2 aliphatic heterocycles. The van der Waals surface area contributed by atoms with Gasteiger partial charge in [-0.3, -0.25) is 4.90 Å². The summed E-state index contributed by atoms with van der Waals surface area (Å²) in [6.45, 7) is 4.98. The maximum atomic E-state index is 3.94. The van der Waals surface area contributed by atoms with Gasteiger partial charge in [-0.2, -0.15) is 0 Å². The zero-order valence-corrected chi connectivity index (χ0v) is 10.4. The zero-order valence-electron chi connectivity index (χ0n) is 8.80. The summed E-state index contributed by atoms with van der Waals surface area (Å²) in [7, 11) is 2.09. The van der Waals surface area contributed by atoms with Crippen LogP contribution in [0.4, 0.5) is 0 Å². The molecule has 2 bridgehead atoms. The Hall–Kier alpha value is 0.140. The summed E-state index contributed by atoms with van der Waals surface area (Å²) in [5, 5.41) is 3.42. The van der Waals surface area contributed by atoms with Crippen LogP contribution >= 0.6 is 15.9 Å². The van der Waals surface area contributed by atoms with Gasteiger partial charge in [0, 0.05) is 29.2 Å². The number of piperidine rings is 1. The van der Waals surface area contributed by atoms with Crippen molar-refractivity contribution in [2.45, 2.75) is 43.8 Å². The molecule has 0 spiro atoms. The first-order chi connectivity index (χ1) is 6.70. The van der Waals surface area contributed by atoms with Gasteiger partial charge in [0.25, 0.3) is 0 Å². The van der Waals surface area contributed by atoms with Crippen LogP contribution in [0.25, 0.3) is 0 Å². The minimum atomic E-state index is 0.743. The van der Waals surface area contributed by atoms with Crippen LogP contribution in [0.1, 0.15) is 25.7 Å². The minimum absolute atomic E-state index is 0.743. The minimum Gasteiger partial charge on any atom is -0.317 e. The second kappa shape index (κ2) is 4.33. The van der Waals surface area contributed by atoms with Gasteiger partial charge in [0.05, 0.1) is 0 Å². The van der Waals surface area contributed by atoms with Crippen LogP contribution in [0, 0.1) is 0 Å². The highest BCUT2D eigenvalue weighted by atomic mass is 79.9. The summed E-state index contributed by atoms with van der Waals surface area (Å²) in [4.78, 5) is 2.63. The predicted molar refractivity (Wildman–Crippen MR) is 63.7 cm³/mol. The summed E-state index contributed by atoms with van der Waals surface area (Å²) < 4.78 is 1.12. The van der Waals surface area contributed by atoms with Gasteiger partial charge in [0.15, 0.2) is 0 Å². The summed E-state index contributed by atoms with van der Waals surface area (Å²) in [6, 6.07) is 2.33. The van der Waals surface area contributed by atoms with Gasteiger partial charge in [-0.1, -0.05) is 22.5 Å². The number of fused-ring (bicyclic) bond motifs is 2. The molecule has 0 saturated carbocycles. The third-order valence-corrected chi connectivity index (χ3v) is 3.90. The van der Waals surface area contributed by atoms with Crippen LogP contribution < -0.4 is 5.32 Å². The first kappa shape index (κ1) is 10.7. The van der Waals surface area contributed by atoms with Crippen molar-refractivity contribution in [2.75, 3.05) is 13.6 Å². The third-order valence-electron chi connectivity index (χ3n) is 3.65. The Labute approximate surface area is 94.9 Å². The first-order valence-electron chi connectivity index (χ1n) is 5.47. The lowest BCUT2D eigenvalue weighted by Gasteiger charge is -2.38. The molecule has 0 aromatic heterocycles. The lowest BCUT2D eigenvalue weighted by molar-refractivity contribution is 0.133. The number of nitrogens with zero attached hydrogens (tertiary/aromatic N) is 1. The van der Waals surface area contributed by atoms with E-state index in [-0.39, 0.29) is 0 Å². The van der Waals surface area contributed by atoms with E-state index in [9.17, 15) is 0 Å². The third kappa shape index (κ3) is 2.05. The molecule has 2 saturated heterocycles. The van der Waals surface area contributed by atoms with Crippen LogP contribution in [0.5, 0.6) is 0 Å². The molecular formula is C11H19BrN2. The standard InChI is InChI=1S/C11H19BrN2/c1-8(12)7-14-10-3-4-11(14)6-9(5-10)13-2/h9-11,13H,1,3-7H2,2H3. The van der Waals surface area contributed by atoms with Gasteiger partial charge in [0.1, 0.15) is 0 Å². The van der Waals surface area contributed by atoms with E-state index < -0.39 is 0 Å². The van der Waals surface area contributed by atoms with Crippen molar-refractivity contribution >= 4 is 15.9 Å². The average Bonchev–Trinajstić information content (AvgIpc) is 2.38. The molecule has 0 amide bonds. The summed E-state index contributed by atoms with van der Waals surface area (Å²) in [5.41, 5.74) is 0. The zero-order chi connectivity index (χ0) is 10.1. The highest BCUT2D eigenvalue weighted by molar-refractivity contribution is 9.11. The molecule has 14 heavy (non-hydrogen) atoms. The smallest absolute Gasteiger partial charge is 0.0299 e. The Morgan fingerprint density at radius 2 is 2.00 bits per heavy atom. The average molecular weight is 259 g/mol. The fourth-order valence-corrected chi connectivity index (χ4v) is 3.26. The van der Waals surface area contributed by atoms with E-state index in [1.165, 1.54) is 25.7 Å². The van der Waals surface area contributed by atoms with Crippen LogP contribution in [0.15, 0.2) is 11.1 Å². The van der Waals surface area contributed by atoms with Crippen LogP contribution in [0.2, 0.25) is 0 Å². The quantitative estimate of drug-likeness (QED) is 0.835. The van der Waals surface area contributed by atoms with Gasteiger partial charge in [-0.05, 0) is 32.7 Å². The maximum Gasteiger partial charge on any atom is 0.0299 e. The van der Waals surface area contributed by atoms with Gasteiger partial charge in [-0.15, -0.1) is 0 Å². The van der Waals surface area contributed by atoms with Crippen molar-refractivity contribution < 1.29 is 0 Å². The van der Waals surface area contributed by atoms with Gasteiger partial charge in [0.2, 0.25) is 0 Å². The van der Waals surface area contributed by atoms with Crippen LogP contribution in [-0.4, -0.2) is 36.6 Å². The van der Waals surface area contributed by atoms with E-state index in [1.54, 1.807) is 0 Å². The van der Waals surface area contributed by atoms with E-state index in [2.05, 4.69) is 39.8 Å². The molecule has 2 nitrogen and oxygen atoms in total. The van der Waals surface area contributed by atoms with Gasteiger partial charge in [-0.25, -0.2) is 0 Å². The van der Waals surface area contributed by atoms with E-state index in [0.29, 0.717) is 0 Å². The van der Waals surface area contributed by atoms with Crippen molar-refractivity contribution in [3.8, 4) is 0 Å². The molecule has 80 valence electrons. The molecule has 2 rings (SSSR count). The highest BCUT2D eigenvalue weighted by Crippen LogP contribution is 2.36. The van der Waals surface area contributed by atoms with E-state index in [1.807, 2.05) is 0 Å². The van der Waals surface area contributed by atoms with Gasteiger partial charge >= 0.3 is 0 Å². The number of halogens is 1. The lowest BCUT2D eigenvalue weighted by Crippen LogP contribution is -2.48. The normalized spacial score (nSPS) is 37.4.